The van der Waals surface area contributed by atoms with Crippen molar-refractivity contribution in [2.24, 2.45) is 5.92 Å². The zero-order chi connectivity index (χ0) is 14.0. The van der Waals surface area contributed by atoms with Gasteiger partial charge in [-0.3, -0.25) is 9.48 Å². The smallest absolute Gasteiger partial charge is 0.328 e. The number of aryl methyl sites for hydroxylation is 1. The van der Waals surface area contributed by atoms with Crippen LogP contribution in [-0.2, 0) is 16.1 Å². The second-order valence-electron chi connectivity index (χ2n) is 5.61. The molecule has 0 unspecified atom stereocenters. The molecule has 1 fully saturated rings. The fourth-order valence-electron chi connectivity index (χ4n) is 2.56. The third-order valence-corrected chi connectivity index (χ3v) is 3.98. The van der Waals surface area contributed by atoms with Crippen molar-refractivity contribution in [1.29, 1.82) is 0 Å². The summed E-state index contributed by atoms with van der Waals surface area (Å²) in [6.07, 6.45) is 4.33. The quantitative estimate of drug-likeness (QED) is 0.851. The van der Waals surface area contributed by atoms with Crippen LogP contribution >= 0.6 is 0 Å². The van der Waals surface area contributed by atoms with E-state index in [2.05, 4.69) is 12.0 Å². The first-order chi connectivity index (χ1) is 8.97. The summed E-state index contributed by atoms with van der Waals surface area (Å²) in [5.74, 6) is 0.538. The number of nitrogens with zero attached hydrogens (tertiary/aromatic N) is 2. The summed E-state index contributed by atoms with van der Waals surface area (Å²) in [6.45, 7) is 6.10. The zero-order valence-electron chi connectivity index (χ0n) is 12.0. The Morgan fingerprint density at radius 1 is 1.37 bits per heavy atom. The third-order valence-electron chi connectivity index (χ3n) is 3.98. The van der Waals surface area contributed by atoms with Crippen LogP contribution in [0.5, 0.6) is 0 Å². The molecule has 19 heavy (non-hydrogen) atoms. The van der Waals surface area contributed by atoms with Crippen LogP contribution in [0.1, 0.15) is 44.0 Å². The maximum Gasteiger partial charge on any atom is 0.328 e. The highest BCUT2D eigenvalue weighted by Crippen LogP contribution is 2.25. The van der Waals surface area contributed by atoms with Crippen LogP contribution < -0.4 is 5.73 Å². The molecule has 1 aromatic heterocycles. The van der Waals surface area contributed by atoms with E-state index in [-0.39, 0.29) is 18.6 Å². The molecule has 1 saturated carbocycles. The maximum absolute atomic E-state index is 11.9. The fourth-order valence-corrected chi connectivity index (χ4v) is 2.56. The predicted octanol–water partition coefficient (Wildman–Crippen LogP) is 2.20. The van der Waals surface area contributed by atoms with E-state index in [0.717, 1.165) is 43.0 Å². The van der Waals surface area contributed by atoms with Crippen molar-refractivity contribution in [3.8, 4) is 0 Å². The minimum absolute atomic E-state index is 0.0815. The molecular formula is C14H23N3O2. The second kappa shape index (κ2) is 5.63. The van der Waals surface area contributed by atoms with Gasteiger partial charge in [-0.15, -0.1) is 0 Å². The van der Waals surface area contributed by atoms with Gasteiger partial charge in [-0.05, 0) is 45.4 Å². The van der Waals surface area contributed by atoms with E-state index in [1.54, 1.807) is 4.68 Å². The Morgan fingerprint density at radius 3 is 2.53 bits per heavy atom. The van der Waals surface area contributed by atoms with Gasteiger partial charge in [0.1, 0.15) is 12.6 Å². The Hall–Kier alpha value is -1.52. The number of aromatic nitrogens is 2. The first-order valence-electron chi connectivity index (χ1n) is 6.96. The summed E-state index contributed by atoms with van der Waals surface area (Å²) in [5.41, 5.74) is 8.08. The van der Waals surface area contributed by atoms with Gasteiger partial charge >= 0.3 is 5.97 Å². The maximum atomic E-state index is 11.9. The summed E-state index contributed by atoms with van der Waals surface area (Å²) in [6, 6.07) is 0. The molecule has 0 bridgehead atoms. The molecule has 0 saturated heterocycles. The Morgan fingerprint density at radius 2 is 2.00 bits per heavy atom. The van der Waals surface area contributed by atoms with Crippen molar-refractivity contribution < 1.29 is 9.53 Å². The molecule has 2 N–H and O–H groups in total. The number of carbonyl (C=O) groups excluding carboxylic acids is 1. The number of nitrogen functional groups attached to an aromatic ring is 1. The lowest BCUT2D eigenvalue weighted by Crippen LogP contribution is -2.26. The van der Waals surface area contributed by atoms with Crippen LogP contribution in [0, 0.1) is 19.8 Å². The summed E-state index contributed by atoms with van der Waals surface area (Å²) in [4.78, 5) is 11.9. The van der Waals surface area contributed by atoms with E-state index >= 15 is 0 Å². The van der Waals surface area contributed by atoms with E-state index in [9.17, 15) is 4.79 Å². The Labute approximate surface area is 114 Å². The van der Waals surface area contributed by atoms with Crippen LogP contribution in [0.3, 0.4) is 0 Å². The monoisotopic (exact) mass is 265 g/mol. The van der Waals surface area contributed by atoms with Gasteiger partial charge in [-0.25, -0.2) is 0 Å². The lowest BCUT2D eigenvalue weighted by atomic mass is 9.89. The Balaban J connectivity index is 1.89. The number of ether oxygens (including phenoxy) is 1. The lowest BCUT2D eigenvalue weighted by molar-refractivity contribution is -0.151. The Bertz CT molecular complexity index is 460. The summed E-state index contributed by atoms with van der Waals surface area (Å²) in [7, 11) is 0. The number of hydrogen-bond donors (Lipinski definition) is 1. The molecule has 0 atom stereocenters. The number of anilines is 1. The van der Waals surface area contributed by atoms with E-state index < -0.39 is 0 Å². The van der Waals surface area contributed by atoms with E-state index in [4.69, 9.17) is 10.5 Å². The highest BCUT2D eigenvalue weighted by Gasteiger charge is 2.22. The van der Waals surface area contributed by atoms with Crippen LogP contribution in [-0.4, -0.2) is 21.9 Å². The predicted molar refractivity (Wildman–Crippen MR) is 73.6 cm³/mol. The van der Waals surface area contributed by atoms with Crippen LogP contribution in [0.25, 0.3) is 0 Å². The summed E-state index contributed by atoms with van der Waals surface area (Å²) < 4.78 is 7.13. The van der Waals surface area contributed by atoms with Crippen molar-refractivity contribution >= 4 is 11.7 Å². The van der Waals surface area contributed by atoms with Gasteiger partial charge in [-0.1, -0.05) is 6.92 Å². The highest BCUT2D eigenvalue weighted by atomic mass is 16.5. The molecule has 0 aliphatic heterocycles. The molecule has 1 aliphatic carbocycles. The molecule has 0 spiro atoms. The standard InChI is InChI=1S/C14H23N3O2/c1-9-4-6-12(7-5-9)19-13(18)8-17-11(3)14(15)10(2)16-17/h9,12H,4-8,15H2,1-3H3. The summed E-state index contributed by atoms with van der Waals surface area (Å²) >= 11 is 0. The largest absolute Gasteiger partial charge is 0.461 e. The number of rotatable bonds is 3. The lowest BCUT2D eigenvalue weighted by Gasteiger charge is -2.26. The van der Waals surface area contributed by atoms with E-state index in [0.29, 0.717) is 5.69 Å². The first kappa shape index (κ1) is 13.9. The van der Waals surface area contributed by atoms with Gasteiger partial charge in [-0.2, -0.15) is 5.10 Å². The minimum atomic E-state index is -0.217. The molecule has 5 heteroatoms. The average molecular weight is 265 g/mol. The molecule has 0 radical (unpaired) electrons. The van der Waals surface area contributed by atoms with Gasteiger partial charge in [0, 0.05) is 0 Å². The normalized spacial score (nSPS) is 23.3. The van der Waals surface area contributed by atoms with Gasteiger partial charge in [0.2, 0.25) is 0 Å². The van der Waals surface area contributed by atoms with Crippen molar-refractivity contribution in [2.75, 3.05) is 5.73 Å². The molecule has 1 aromatic rings. The van der Waals surface area contributed by atoms with Crippen molar-refractivity contribution in [1.82, 2.24) is 9.78 Å². The molecule has 0 aromatic carbocycles. The van der Waals surface area contributed by atoms with Crippen LogP contribution in [0.2, 0.25) is 0 Å². The van der Waals surface area contributed by atoms with Crippen LogP contribution in [0.4, 0.5) is 5.69 Å². The molecule has 1 aliphatic rings. The molecule has 106 valence electrons. The van der Waals surface area contributed by atoms with E-state index in [1.165, 1.54) is 0 Å². The summed E-state index contributed by atoms with van der Waals surface area (Å²) in [5, 5.41) is 4.25. The Kier molecular flexibility index (Phi) is 4.12. The van der Waals surface area contributed by atoms with Gasteiger partial charge in [0.15, 0.2) is 0 Å². The van der Waals surface area contributed by atoms with Crippen molar-refractivity contribution in [2.45, 2.75) is 59.1 Å². The number of esters is 1. The van der Waals surface area contributed by atoms with Gasteiger partial charge in [0.25, 0.3) is 0 Å². The highest BCUT2D eigenvalue weighted by molar-refractivity contribution is 5.69. The topological polar surface area (TPSA) is 70.1 Å². The van der Waals surface area contributed by atoms with Gasteiger partial charge in [0.05, 0.1) is 17.1 Å². The number of carbonyl (C=O) groups is 1. The fraction of sp³-hybridized carbons (Fsp3) is 0.714. The average Bonchev–Trinajstić information content (AvgIpc) is 2.60. The number of hydrogen-bond acceptors (Lipinski definition) is 4. The van der Waals surface area contributed by atoms with E-state index in [1.807, 2.05) is 13.8 Å². The molecule has 1 heterocycles. The molecule has 5 nitrogen and oxygen atoms in total. The number of nitrogens with two attached hydrogens (primary N) is 1. The van der Waals surface area contributed by atoms with Gasteiger partial charge < -0.3 is 10.5 Å². The minimum Gasteiger partial charge on any atom is -0.461 e. The molecular weight excluding hydrogens is 242 g/mol. The van der Waals surface area contributed by atoms with Crippen molar-refractivity contribution in [3.05, 3.63) is 11.4 Å². The molecule has 0 amide bonds. The molecule has 2 rings (SSSR count). The third kappa shape index (κ3) is 3.28. The zero-order valence-corrected chi connectivity index (χ0v) is 12.0. The van der Waals surface area contributed by atoms with Crippen molar-refractivity contribution in [3.63, 3.8) is 0 Å². The van der Waals surface area contributed by atoms with Crippen LogP contribution in [0.15, 0.2) is 0 Å². The SMILES string of the molecule is Cc1nn(CC(=O)OC2CCC(C)CC2)c(C)c1N. The first-order valence-corrected chi connectivity index (χ1v) is 6.96. The second-order valence-corrected chi connectivity index (χ2v) is 5.61.